The Balaban J connectivity index is 2.35. The van der Waals surface area contributed by atoms with Gasteiger partial charge in [0.05, 0.1) is 12.2 Å². The molecule has 0 saturated heterocycles. The zero-order valence-corrected chi connectivity index (χ0v) is 12.7. The first-order valence-corrected chi connectivity index (χ1v) is 7.21. The van der Waals surface area contributed by atoms with Crippen molar-refractivity contribution in [3.05, 3.63) is 23.8 Å². The third-order valence-corrected chi connectivity index (χ3v) is 3.64. The lowest BCUT2D eigenvalue weighted by molar-refractivity contribution is -0.117. The first-order chi connectivity index (χ1) is 9.38. The van der Waals surface area contributed by atoms with E-state index in [9.17, 15) is 4.79 Å². The molecule has 1 aliphatic rings. The minimum absolute atomic E-state index is 0.0469. The lowest BCUT2D eigenvalue weighted by atomic mass is 10.0. The van der Waals surface area contributed by atoms with Crippen LogP contribution in [0.4, 0.5) is 5.69 Å². The Labute approximate surface area is 120 Å². The zero-order valence-electron chi connectivity index (χ0n) is 12.7. The Kier molecular flexibility index (Phi) is 4.33. The van der Waals surface area contributed by atoms with E-state index in [4.69, 9.17) is 10.5 Å². The van der Waals surface area contributed by atoms with Crippen molar-refractivity contribution in [3.63, 3.8) is 0 Å². The van der Waals surface area contributed by atoms with Crippen LogP contribution in [0.1, 0.15) is 33.3 Å². The summed E-state index contributed by atoms with van der Waals surface area (Å²) < 4.78 is 6.01. The van der Waals surface area contributed by atoms with Crippen molar-refractivity contribution in [2.75, 3.05) is 11.4 Å². The lowest BCUT2D eigenvalue weighted by Gasteiger charge is -2.36. The van der Waals surface area contributed by atoms with Crippen LogP contribution in [0, 0.1) is 5.92 Å². The summed E-state index contributed by atoms with van der Waals surface area (Å²) in [7, 11) is 0. The smallest absolute Gasteiger partial charge is 0.224 e. The highest BCUT2D eigenvalue weighted by molar-refractivity contribution is 5.93. The molecule has 0 saturated carbocycles. The highest BCUT2D eigenvalue weighted by atomic mass is 16.5. The van der Waals surface area contributed by atoms with Gasteiger partial charge in [0.25, 0.3) is 0 Å². The van der Waals surface area contributed by atoms with Crippen LogP contribution in [-0.4, -0.2) is 24.6 Å². The van der Waals surface area contributed by atoms with Gasteiger partial charge in [0, 0.05) is 13.0 Å². The molecule has 1 amide bonds. The second kappa shape index (κ2) is 5.83. The molecule has 1 aliphatic heterocycles. The first kappa shape index (κ1) is 14.9. The summed E-state index contributed by atoms with van der Waals surface area (Å²) in [6.07, 6.45) is 0.845. The molecule has 0 radical (unpaired) electrons. The predicted molar refractivity (Wildman–Crippen MR) is 81.1 cm³/mol. The third kappa shape index (κ3) is 3.12. The van der Waals surface area contributed by atoms with Gasteiger partial charge in [0.15, 0.2) is 0 Å². The molecule has 0 bridgehead atoms. The van der Waals surface area contributed by atoms with Crippen molar-refractivity contribution in [3.8, 4) is 5.75 Å². The summed E-state index contributed by atoms with van der Waals surface area (Å²) >= 11 is 0. The first-order valence-electron chi connectivity index (χ1n) is 7.21. The molecule has 4 heteroatoms. The number of rotatable bonds is 3. The number of benzene rings is 1. The molecule has 0 fully saturated rings. The number of amides is 1. The summed E-state index contributed by atoms with van der Waals surface area (Å²) in [6, 6.07) is 6.11. The highest BCUT2D eigenvalue weighted by Crippen LogP contribution is 2.36. The van der Waals surface area contributed by atoms with Gasteiger partial charge in [-0.25, -0.2) is 0 Å². The maximum atomic E-state index is 11.9. The predicted octanol–water partition coefficient (Wildman–Crippen LogP) is 2.35. The molecule has 1 aromatic carbocycles. The summed E-state index contributed by atoms with van der Waals surface area (Å²) in [5.74, 6) is 1.21. The molecule has 1 heterocycles. The molecule has 0 spiro atoms. The largest absolute Gasteiger partial charge is 0.486 e. The fraction of sp³-hybridized carbons (Fsp3) is 0.562. The van der Waals surface area contributed by atoms with Crippen LogP contribution < -0.4 is 15.4 Å². The number of nitrogens with two attached hydrogens (primary N) is 1. The minimum atomic E-state index is 0.0469. The Hall–Kier alpha value is -1.55. The van der Waals surface area contributed by atoms with E-state index >= 15 is 0 Å². The van der Waals surface area contributed by atoms with Crippen LogP contribution in [-0.2, 0) is 11.2 Å². The van der Waals surface area contributed by atoms with E-state index in [1.54, 1.807) is 6.92 Å². The normalized spacial score (nSPS) is 19.5. The van der Waals surface area contributed by atoms with Crippen molar-refractivity contribution in [1.29, 1.82) is 0 Å². The quantitative estimate of drug-likeness (QED) is 0.922. The Morgan fingerprint density at radius 2 is 2.15 bits per heavy atom. The molecule has 0 aromatic heterocycles. The second-order valence-corrected chi connectivity index (χ2v) is 6.01. The molecule has 0 aliphatic carbocycles. The molecule has 20 heavy (non-hydrogen) atoms. The number of carbonyl (C=O) groups is 1. The van der Waals surface area contributed by atoms with Gasteiger partial charge in [-0.05, 0) is 37.0 Å². The number of fused-ring (bicyclic) bond motifs is 1. The van der Waals surface area contributed by atoms with Crippen molar-refractivity contribution < 1.29 is 9.53 Å². The molecule has 1 aromatic rings. The van der Waals surface area contributed by atoms with E-state index in [1.165, 1.54) is 0 Å². The summed E-state index contributed by atoms with van der Waals surface area (Å²) in [6.45, 7) is 8.41. The molecular formula is C16H24N2O2. The maximum Gasteiger partial charge on any atom is 0.224 e. The SMILES string of the molecule is CC(=O)N1CC(C(C)C)Oc2ccc(CC(C)N)cc21. The maximum absolute atomic E-state index is 11.9. The van der Waals surface area contributed by atoms with Crippen molar-refractivity contribution >= 4 is 11.6 Å². The molecular weight excluding hydrogens is 252 g/mol. The van der Waals surface area contributed by atoms with Crippen LogP contribution in [0.25, 0.3) is 0 Å². The van der Waals surface area contributed by atoms with Gasteiger partial charge in [0.2, 0.25) is 5.91 Å². The van der Waals surface area contributed by atoms with E-state index in [0.717, 1.165) is 23.4 Å². The van der Waals surface area contributed by atoms with Crippen molar-refractivity contribution in [2.24, 2.45) is 11.7 Å². The van der Waals surface area contributed by atoms with Crippen LogP contribution in [0.3, 0.4) is 0 Å². The lowest BCUT2D eigenvalue weighted by Crippen LogP contribution is -2.45. The number of ether oxygens (including phenoxy) is 1. The van der Waals surface area contributed by atoms with Gasteiger partial charge in [-0.15, -0.1) is 0 Å². The average molecular weight is 276 g/mol. The minimum Gasteiger partial charge on any atom is -0.486 e. The molecule has 2 N–H and O–H groups in total. The Morgan fingerprint density at radius 1 is 1.45 bits per heavy atom. The van der Waals surface area contributed by atoms with Crippen LogP contribution >= 0.6 is 0 Å². The molecule has 4 nitrogen and oxygen atoms in total. The topological polar surface area (TPSA) is 55.6 Å². The van der Waals surface area contributed by atoms with E-state index < -0.39 is 0 Å². The summed E-state index contributed by atoms with van der Waals surface area (Å²) in [5, 5.41) is 0. The fourth-order valence-electron chi connectivity index (χ4n) is 2.50. The number of nitrogens with zero attached hydrogens (tertiary/aromatic N) is 1. The zero-order chi connectivity index (χ0) is 14.9. The highest BCUT2D eigenvalue weighted by Gasteiger charge is 2.30. The van der Waals surface area contributed by atoms with Crippen molar-refractivity contribution in [2.45, 2.75) is 46.3 Å². The van der Waals surface area contributed by atoms with Gasteiger partial charge < -0.3 is 15.4 Å². The number of anilines is 1. The van der Waals surface area contributed by atoms with E-state index in [2.05, 4.69) is 13.8 Å². The van der Waals surface area contributed by atoms with Gasteiger partial charge in [-0.3, -0.25) is 4.79 Å². The fourth-order valence-corrected chi connectivity index (χ4v) is 2.50. The van der Waals surface area contributed by atoms with Crippen LogP contribution in [0.15, 0.2) is 18.2 Å². The van der Waals surface area contributed by atoms with Gasteiger partial charge in [0.1, 0.15) is 11.9 Å². The molecule has 2 atom stereocenters. The Bertz CT molecular complexity index is 497. The van der Waals surface area contributed by atoms with Crippen LogP contribution in [0.5, 0.6) is 5.75 Å². The van der Waals surface area contributed by atoms with E-state index in [1.807, 2.05) is 30.0 Å². The molecule has 110 valence electrons. The van der Waals surface area contributed by atoms with E-state index in [0.29, 0.717) is 12.5 Å². The van der Waals surface area contributed by atoms with Gasteiger partial charge in [-0.2, -0.15) is 0 Å². The summed E-state index contributed by atoms with van der Waals surface area (Å²) in [4.78, 5) is 13.7. The second-order valence-electron chi connectivity index (χ2n) is 6.01. The third-order valence-electron chi connectivity index (χ3n) is 3.64. The molecule has 2 unspecified atom stereocenters. The van der Waals surface area contributed by atoms with Gasteiger partial charge >= 0.3 is 0 Å². The number of carbonyl (C=O) groups excluding carboxylic acids is 1. The van der Waals surface area contributed by atoms with Gasteiger partial charge in [-0.1, -0.05) is 19.9 Å². The molecule has 2 rings (SSSR count). The van der Waals surface area contributed by atoms with Crippen molar-refractivity contribution in [1.82, 2.24) is 0 Å². The standard InChI is InChI=1S/C16H24N2O2/c1-10(2)16-9-18(12(4)19)14-8-13(7-11(3)17)5-6-15(14)20-16/h5-6,8,10-11,16H,7,9,17H2,1-4H3. The Morgan fingerprint density at radius 3 is 2.70 bits per heavy atom. The summed E-state index contributed by atoms with van der Waals surface area (Å²) in [5.41, 5.74) is 7.85. The van der Waals surface area contributed by atoms with Crippen LogP contribution in [0.2, 0.25) is 0 Å². The monoisotopic (exact) mass is 276 g/mol. The average Bonchev–Trinajstić information content (AvgIpc) is 2.36. The number of hydrogen-bond donors (Lipinski definition) is 1. The van der Waals surface area contributed by atoms with E-state index in [-0.39, 0.29) is 18.1 Å². The number of hydrogen-bond acceptors (Lipinski definition) is 3.